The Balaban J connectivity index is 3.04. The van der Waals surface area contributed by atoms with Crippen LogP contribution in [0.2, 0.25) is 0 Å². The molecule has 1 amide bonds. The average molecular weight is 212 g/mol. The van der Waals surface area contributed by atoms with Gasteiger partial charge in [0.1, 0.15) is 0 Å². The van der Waals surface area contributed by atoms with E-state index in [2.05, 4.69) is 17.2 Å². The van der Waals surface area contributed by atoms with Crippen LogP contribution in [0.15, 0.2) is 12.7 Å². The first-order chi connectivity index (χ1) is 7.31. The van der Waals surface area contributed by atoms with Crippen LogP contribution in [0.3, 0.4) is 0 Å². The van der Waals surface area contributed by atoms with E-state index in [-0.39, 0.29) is 5.91 Å². The highest BCUT2D eigenvalue weighted by atomic mass is 16.1. The van der Waals surface area contributed by atoms with Gasteiger partial charge >= 0.3 is 0 Å². The second-order valence-electron chi connectivity index (χ2n) is 3.59. The highest BCUT2D eigenvalue weighted by molar-refractivity contribution is 5.75. The van der Waals surface area contributed by atoms with Gasteiger partial charge in [0.25, 0.3) is 0 Å². The van der Waals surface area contributed by atoms with Gasteiger partial charge in [-0.3, -0.25) is 4.79 Å². The summed E-state index contributed by atoms with van der Waals surface area (Å²) in [6.45, 7) is 8.14. The maximum Gasteiger partial charge on any atom is 0.221 e. The molecule has 0 fully saturated rings. The van der Waals surface area contributed by atoms with Crippen molar-refractivity contribution < 1.29 is 4.79 Å². The topological polar surface area (TPSA) is 41.1 Å². The van der Waals surface area contributed by atoms with Gasteiger partial charge < -0.3 is 10.6 Å². The fourth-order valence-electron chi connectivity index (χ4n) is 1.33. The summed E-state index contributed by atoms with van der Waals surface area (Å²) in [5.74, 6) is 0.136. The van der Waals surface area contributed by atoms with E-state index in [9.17, 15) is 4.79 Å². The summed E-state index contributed by atoms with van der Waals surface area (Å²) in [5.41, 5.74) is 0. The maximum absolute atomic E-state index is 11.1. The summed E-state index contributed by atoms with van der Waals surface area (Å²) in [6.07, 6.45) is 7.30. The Morgan fingerprint density at radius 2 is 2.07 bits per heavy atom. The molecule has 0 heterocycles. The molecule has 0 aliphatic heterocycles. The number of amides is 1. The summed E-state index contributed by atoms with van der Waals surface area (Å²) in [6, 6.07) is 0. The summed E-state index contributed by atoms with van der Waals surface area (Å²) < 4.78 is 0. The Bertz CT molecular complexity index is 169. The van der Waals surface area contributed by atoms with E-state index in [4.69, 9.17) is 0 Å². The lowest BCUT2D eigenvalue weighted by atomic mass is 10.2. The molecule has 0 aromatic rings. The molecule has 3 nitrogen and oxygen atoms in total. The number of carbonyl (C=O) groups is 1. The van der Waals surface area contributed by atoms with Crippen molar-refractivity contribution >= 4 is 5.91 Å². The van der Waals surface area contributed by atoms with Crippen LogP contribution in [0.5, 0.6) is 0 Å². The average Bonchev–Trinajstić information content (AvgIpc) is 2.22. The Kier molecular flexibility index (Phi) is 10.6. The van der Waals surface area contributed by atoms with E-state index in [0.29, 0.717) is 6.42 Å². The second kappa shape index (κ2) is 11.2. The molecule has 3 heteroatoms. The van der Waals surface area contributed by atoms with E-state index >= 15 is 0 Å². The van der Waals surface area contributed by atoms with Crippen LogP contribution in [0.1, 0.15) is 39.0 Å². The number of hydrogen-bond donors (Lipinski definition) is 2. The zero-order valence-corrected chi connectivity index (χ0v) is 9.85. The summed E-state index contributed by atoms with van der Waals surface area (Å²) in [4.78, 5) is 11.1. The third-order valence-electron chi connectivity index (χ3n) is 2.16. The molecule has 0 rings (SSSR count). The van der Waals surface area contributed by atoms with Crippen molar-refractivity contribution in [3.05, 3.63) is 12.7 Å². The minimum absolute atomic E-state index is 0.136. The predicted molar refractivity (Wildman–Crippen MR) is 64.8 cm³/mol. The number of hydrogen-bond acceptors (Lipinski definition) is 2. The summed E-state index contributed by atoms with van der Waals surface area (Å²) in [5, 5.41) is 6.04. The van der Waals surface area contributed by atoms with Crippen molar-refractivity contribution in [1.29, 1.82) is 0 Å². The predicted octanol–water partition coefficient (Wildman–Crippen LogP) is 1.85. The van der Waals surface area contributed by atoms with Crippen molar-refractivity contribution in [1.82, 2.24) is 10.6 Å². The van der Waals surface area contributed by atoms with Crippen LogP contribution in [-0.4, -0.2) is 25.5 Å². The van der Waals surface area contributed by atoms with Gasteiger partial charge in [-0.1, -0.05) is 12.5 Å². The molecule has 0 aliphatic rings. The number of unbranched alkanes of at least 4 members (excludes halogenated alkanes) is 3. The molecule has 0 bridgehead atoms. The Morgan fingerprint density at radius 3 is 2.73 bits per heavy atom. The number of rotatable bonds is 10. The lowest BCUT2D eigenvalue weighted by Gasteiger charge is -2.04. The third kappa shape index (κ3) is 11.1. The first-order valence-electron chi connectivity index (χ1n) is 5.89. The summed E-state index contributed by atoms with van der Waals surface area (Å²) >= 11 is 0. The standard InChI is InChI=1S/C12H24N2O/c1-3-5-6-7-8-10-13-11-9-12(15)14-4-2/h3,13H,1,4-11H2,2H3,(H,14,15). The second-order valence-corrected chi connectivity index (χ2v) is 3.59. The molecule has 0 spiro atoms. The van der Waals surface area contributed by atoms with E-state index < -0.39 is 0 Å². The number of allylic oxidation sites excluding steroid dienone is 1. The molecule has 88 valence electrons. The van der Waals surface area contributed by atoms with E-state index in [1.54, 1.807) is 0 Å². The van der Waals surface area contributed by atoms with Crippen LogP contribution < -0.4 is 10.6 Å². The molecular formula is C12H24N2O. The molecule has 0 radical (unpaired) electrons. The van der Waals surface area contributed by atoms with Crippen LogP contribution in [0, 0.1) is 0 Å². The van der Waals surface area contributed by atoms with Crippen LogP contribution >= 0.6 is 0 Å². The Labute approximate surface area is 93.3 Å². The lowest BCUT2D eigenvalue weighted by molar-refractivity contribution is -0.120. The van der Waals surface area contributed by atoms with E-state index in [0.717, 1.165) is 26.1 Å². The van der Waals surface area contributed by atoms with Gasteiger partial charge in [0.2, 0.25) is 5.91 Å². The molecule has 15 heavy (non-hydrogen) atoms. The fourth-order valence-corrected chi connectivity index (χ4v) is 1.33. The SMILES string of the molecule is C=CCCCCCNCCC(=O)NCC. The van der Waals surface area contributed by atoms with Crippen molar-refractivity contribution in [2.24, 2.45) is 0 Å². The monoisotopic (exact) mass is 212 g/mol. The molecule has 0 aromatic heterocycles. The van der Waals surface area contributed by atoms with Crippen molar-refractivity contribution in [2.75, 3.05) is 19.6 Å². The normalized spacial score (nSPS) is 9.93. The number of carbonyl (C=O) groups excluding carboxylic acids is 1. The molecule has 0 unspecified atom stereocenters. The first-order valence-corrected chi connectivity index (χ1v) is 5.89. The first kappa shape index (κ1) is 14.2. The van der Waals surface area contributed by atoms with Gasteiger partial charge in [-0.2, -0.15) is 0 Å². The zero-order valence-electron chi connectivity index (χ0n) is 9.85. The van der Waals surface area contributed by atoms with Gasteiger partial charge in [-0.25, -0.2) is 0 Å². The van der Waals surface area contributed by atoms with Crippen molar-refractivity contribution in [2.45, 2.75) is 39.0 Å². The molecular weight excluding hydrogens is 188 g/mol. The molecule has 0 saturated carbocycles. The van der Waals surface area contributed by atoms with Gasteiger partial charge in [-0.05, 0) is 32.7 Å². The third-order valence-corrected chi connectivity index (χ3v) is 2.16. The molecule has 0 saturated heterocycles. The minimum atomic E-state index is 0.136. The smallest absolute Gasteiger partial charge is 0.221 e. The quantitative estimate of drug-likeness (QED) is 0.428. The lowest BCUT2D eigenvalue weighted by Crippen LogP contribution is -2.27. The van der Waals surface area contributed by atoms with Crippen molar-refractivity contribution in [3.8, 4) is 0 Å². The van der Waals surface area contributed by atoms with Crippen LogP contribution in [-0.2, 0) is 4.79 Å². The molecule has 2 N–H and O–H groups in total. The largest absolute Gasteiger partial charge is 0.356 e. The Morgan fingerprint density at radius 1 is 1.27 bits per heavy atom. The molecule has 0 atom stereocenters. The van der Waals surface area contributed by atoms with Gasteiger partial charge in [0.05, 0.1) is 0 Å². The van der Waals surface area contributed by atoms with Crippen LogP contribution in [0.4, 0.5) is 0 Å². The minimum Gasteiger partial charge on any atom is -0.356 e. The van der Waals surface area contributed by atoms with E-state index in [1.165, 1.54) is 19.3 Å². The highest BCUT2D eigenvalue weighted by Gasteiger charge is 1.97. The van der Waals surface area contributed by atoms with Gasteiger partial charge in [0, 0.05) is 19.5 Å². The van der Waals surface area contributed by atoms with Gasteiger partial charge in [0.15, 0.2) is 0 Å². The van der Waals surface area contributed by atoms with Crippen LogP contribution in [0.25, 0.3) is 0 Å². The molecule has 0 aliphatic carbocycles. The van der Waals surface area contributed by atoms with Gasteiger partial charge in [-0.15, -0.1) is 6.58 Å². The van der Waals surface area contributed by atoms with Crippen molar-refractivity contribution in [3.63, 3.8) is 0 Å². The zero-order chi connectivity index (χ0) is 11.4. The van der Waals surface area contributed by atoms with E-state index in [1.807, 2.05) is 13.0 Å². The summed E-state index contributed by atoms with van der Waals surface area (Å²) in [7, 11) is 0. The number of nitrogens with one attached hydrogen (secondary N) is 2. The fraction of sp³-hybridized carbons (Fsp3) is 0.750. The highest BCUT2D eigenvalue weighted by Crippen LogP contribution is 1.98. The Hall–Kier alpha value is -0.830. The maximum atomic E-state index is 11.1. The molecule has 0 aromatic carbocycles.